The Hall–Kier alpha value is -3.57. The monoisotopic (exact) mass is 471 g/mol. The first kappa shape index (κ1) is 22.2. The van der Waals surface area contributed by atoms with Gasteiger partial charge in [0.05, 0.1) is 19.4 Å². The summed E-state index contributed by atoms with van der Waals surface area (Å²) in [7, 11) is 0. The molecule has 2 N–H and O–H groups in total. The van der Waals surface area contributed by atoms with Gasteiger partial charge in [0, 0.05) is 31.3 Å². The van der Waals surface area contributed by atoms with E-state index in [1.165, 1.54) is 10.8 Å². The molecule has 3 aromatic rings. The molecule has 0 unspecified atom stereocenters. The lowest BCUT2D eigenvalue weighted by Crippen LogP contribution is -2.66. The lowest BCUT2D eigenvalue weighted by atomic mass is 10.0. The third-order valence-corrected chi connectivity index (χ3v) is 5.91. The number of hydrogen-bond donors (Lipinski definition) is 1. The van der Waals surface area contributed by atoms with Crippen molar-refractivity contribution in [1.29, 1.82) is 0 Å². The lowest BCUT2D eigenvalue weighted by molar-refractivity contribution is 0.0394. The predicted molar refractivity (Wildman–Crippen MR) is 118 cm³/mol. The SMILES string of the molecule is Cc1ccc(Oc2c(F)cc(COc3cc4n(c(=O)n3)CC[C@]3(N)COCCN43)cc2F)cn1. The molecule has 0 saturated carbocycles. The molecule has 0 bridgehead atoms. The van der Waals surface area contributed by atoms with Crippen molar-refractivity contribution in [2.24, 2.45) is 5.73 Å². The number of morpholine rings is 1. The highest BCUT2D eigenvalue weighted by Crippen LogP contribution is 2.33. The van der Waals surface area contributed by atoms with Crippen LogP contribution in [-0.2, 0) is 17.9 Å². The van der Waals surface area contributed by atoms with Crippen LogP contribution in [-0.4, -0.2) is 40.0 Å². The molecule has 178 valence electrons. The highest BCUT2D eigenvalue weighted by atomic mass is 19.1. The highest BCUT2D eigenvalue weighted by Gasteiger charge is 2.41. The van der Waals surface area contributed by atoms with Crippen LogP contribution in [0.4, 0.5) is 14.6 Å². The zero-order chi connectivity index (χ0) is 23.9. The molecule has 0 radical (unpaired) electrons. The van der Waals surface area contributed by atoms with Crippen LogP contribution in [0.1, 0.15) is 17.7 Å². The lowest BCUT2D eigenvalue weighted by Gasteiger charge is -2.49. The Balaban J connectivity index is 1.34. The van der Waals surface area contributed by atoms with E-state index in [9.17, 15) is 13.6 Å². The number of benzene rings is 1. The fraction of sp³-hybridized carbons (Fsp3) is 0.348. The molecule has 2 aliphatic heterocycles. The summed E-state index contributed by atoms with van der Waals surface area (Å²) in [6.07, 6.45) is 1.93. The summed E-state index contributed by atoms with van der Waals surface area (Å²) < 4.78 is 47.1. The predicted octanol–water partition coefficient (Wildman–Crippen LogP) is 2.49. The molecule has 5 rings (SSSR count). The van der Waals surface area contributed by atoms with Gasteiger partial charge in [0.2, 0.25) is 5.88 Å². The van der Waals surface area contributed by atoms with Gasteiger partial charge in [0.15, 0.2) is 17.4 Å². The van der Waals surface area contributed by atoms with Gasteiger partial charge in [-0.05, 0) is 36.8 Å². The van der Waals surface area contributed by atoms with Crippen LogP contribution in [0.5, 0.6) is 17.4 Å². The first-order valence-corrected chi connectivity index (χ1v) is 10.8. The molecule has 1 saturated heterocycles. The van der Waals surface area contributed by atoms with Crippen molar-refractivity contribution in [2.75, 3.05) is 24.7 Å². The number of nitrogens with zero attached hydrogens (tertiary/aromatic N) is 4. The van der Waals surface area contributed by atoms with Crippen molar-refractivity contribution in [1.82, 2.24) is 14.5 Å². The second kappa shape index (κ2) is 8.65. The molecule has 4 heterocycles. The van der Waals surface area contributed by atoms with E-state index in [4.69, 9.17) is 19.9 Å². The van der Waals surface area contributed by atoms with Gasteiger partial charge >= 0.3 is 5.69 Å². The Morgan fingerprint density at radius 3 is 2.74 bits per heavy atom. The molecule has 2 aliphatic rings. The third-order valence-electron chi connectivity index (χ3n) is 5.91. The fourth-order valence-electron chi connectivity index (χ4n) is 4.12. The molecule has 0 spiro atoms. The average Bonchev–Trinajstić information content (AvgIpc) is 2.81. The molecule has 1 atom stereocenters. The standard InChI is InChI=1S/C23H23F2N5O4/c1-14-2-3-16(11-27-14)34-21-17(24)8-15(9-18(21)25)12-33-19-10-20-29(22(31)28-19)5-4-23(26)13-32-7-6-30(20)23/h2-3,8-11H,4-7,12-13,26H2,1H3/t23-/m1/s1. The molecular formula is C23H23F2N5O4. The summed E-state index contributed by atoms with van der Waals surface area (Å²) in [5.41, 5.74) is 6.26. The van der Waals surface area contributed by atoms with Crippen molar-refractivity contribution >= 4 is 5.82 Å². The van der Waals surface area contributed by atoms with Gasteiger partial charge in [-0.2, -0.15) is 4.98 Å². The van der Waals surface area contributed by atoms with Crippen LogP contribution in [0.3, 0.4) is 0 Å². The van der Waals surface area contributed by atoms with Gasteiger partial charge in [0.25, 0.3) is 0 Å². The van der Waals surface area contributed by atoms with Crippen LogP contribution in [0, 0.1) is 18.6 Å². The number of nitrogens with two attached hydrogens (primary N) is 1. The minimum atomic E-state index is -0.890. The summed E-state index contributed by atoms with van der Waals surface area (Å²) in [5, 5.41) is 0. The Morgan fingerprint density at radius 1 is 1.21 bits per heavy atom. The second-order valence-corrected chi connectivity index (χ2v) is 8.36. The van der Waals surface area contributed by atoms with Crippen molar-refractivity contribution in [3.05, 3.63) is 69.9 Å². The van der Waals surface area contributed by atoms with Crippen LogP contribution < -0.4 is 25.8 Å². The van der Waals surface area contributed by atoms with Gasteiger partial charge in [-0.25, -0.2) is 13.6 Å². The Labute approximate surface area is 193 Å². The van der Waals surface area contributed by atoms with Crippen LogP contribution in [0.25, 0.3) is 0 Å². The average molecular weight is 471 g/mol. The van der Waals surface area contributed by atoms with Gasteiger partial charge in [0.1, 0.15) is 23.8 Å². The molecule has 9 nitrogen and oxygen atoms in total. The molecule has 0 aliphatic carbocycles. The number of rotatable bonds is 5. The Morgan fingerprint density at radius 2 is 2.00 bits per heavy atom. The largest absolute Gasteiger partial charge is 0.473 e. The van der Waals surface area contributed by atoms with E-state index in [0.29, 0.717) is 38.5 Å². The third kappa shape index (κ3) is 4.19. The number of halogens is 2. The first-order valence-electron chi connectivity index (χ1n) is 10.8. The van der Waals surface area contributed by atoms with E-state index >= 15 is 0 Å². The van der Waals surface area contributed by atoms with Crippen LogP contribution in [0.2, 0.25) is 0 Å². The van der Waals surface area contributed by atoms with Gasteiger partial charge in [-0.1, -0.05) is 0 Å². The maximum Gasteiger partial charge on any atom is 0.352 e. The number of fused-ring (bicyclic) bond motifs is 3. The van der Waals surface area contributed by atoms with E-state index < -0.39 is 28.7 Å². The summed E-state index contributed by atoms with van der Waals surface area (Å²) in [6.45, 7) is 3.36. The quantitative estimate of drug-likeness (QED) is 0.605. The topological polar surface area (TPSA) is 105 Å². The Bertz CT molecular complexity index is 1260. The highest BCUT2D eigenvalue weighted by molar-refractivity contribution is 5.47. The maximum atomic E-state index is 14.6. The smallest absolute Gasteiger partial charge is 0.352 e. The van der Waals surface area contributed by atoms with E-state index in [2.05, 4.69) is 9.97 Å². The van der Waals surface area contributed by atoms with Gasteiger partial charge in [-0.3, -0.25) is 9.55 Å². The molecule has 1 aromatic carbocycles. The Kier molecular flexibility index (Phi) is 5.66. The number of hydrogen-bond acceptors (Lipinski definition) is 8. The zero-order valence-electron chi connectivity index (χ0n) is 18.5. The second-order valence-electron chi connectivity index (χ2n) is 8.36. The summed E-state index contributed by atoms with van der Waals surface area (Å²) in [5.74, 6) is -1.48. The minimum absolute atomic E-state index is 0.0406. The van der Waals surface area contributed by atoms with Gasteiger partial charge in [-0.15, -0.1) is 0 Å². The van der Waals surface area contributed by atoms with Crippen molar-refractivity contribution < 1.29 is 23.0 Å². The van der Waals surface area contributed by atoms with Crippen LogP contribution in [0.15, 0.2) is 41.3 Å². The number of ether oxygens (including phenoxy) is 3. The molecular weight excluding hydrogens is 448 g/mol. The van der Waals surface area contributed by atoms with Crippen LogP contribution >= 0.6 is 0 Å². The van der Waals surface area contributed by atoms with E-state index in [1.807, 2.05) is 4.90 Å². The molecule has 11 heteroatoms. The number of pyridine rings is 1. The maximum absolute atomic E-state index is 14.6. The normalized spacial score (nSPS) is 19.4. The first-order chi connectivity index (χ1) is 16.3. The van der Waals surface area contributed by atoms with E-state index in [-0.39, 0.29) is 23.8 Å². The number of aryl methyl sites for hydroxylation is 1. The molecule has 1 fully saturated rings. The minimum Gasteiger partial charge on any atom is -0.473 e. The van der Waals surface area contributed by atoms with Crippen molar-refractivity contribution in [2.45, 2.75) is 32.2 Å². The fourth-order valence-corrected chi connectivity index (χ4v) is 4.12. The summed E-state index contributed by atoms with van der Waals surface area (Å²) >= 11 is 0. The molecule has 34 heavy (non-hydrogen) atoms. The molecule has 2 aromatic heterocycles. The van der Waals surface area contributed by atoms with Gasteiger partial charge < -0.3 is 24.8 Å². The molecule has 0 amide bonds. The zero-order valence-corrected chi connectivity index (χ0v) is 18.5. The van der Waals surface area contributed by atoms with Crippen molar-refractivity contribution in [3.63, 3.8) is 0 Å². The number of aromatic nitrogens is 3. The summed E-state index contributed by atoms with van der Waals surface area (Å²) in [4.78, 5) is 22.5. The van der Waals surface area contributed by atoms with E-state index in [0.717, 1.165) is 17.8 Å². The van der Waals surface area contributed by atoms with E-state index in [1.54, 1.807) is 25.1 Å². The summed E-state index contributed by atoms with van der Waals surface area (Å²) in [6, 6.07) is 7.08. The number of anilines is 1. The van der Waals surface area contributed by atoms with Crippen molar-refractivity contribution in [3.8, 4) is 17.4 Å².